The molecule has 8 heteroatoms. The second-order valence-electron chi connectivity index (χ2n) is 4.49. The molecule has 0 radical (unpaired) electrons. The van der Waals surface area contributed by atoms with E-state index in [4.69, 9.17) is 15.2 Å². The van der Waals surface area contributed by atoms with Crippen LogP contribution in [0.5, 0.6) is 5.75 Å². The molecule has 0 fully saturated rings. The summed E-state index contributed by atoms with van der Waals surface area (Å²) in [6.45, 7) is 2.08. The number of halogens is 3. The van der Waals surface area contributed by atoms with Crippen LogP contribution in [0.3, 0.4) is 0 Å². The number of hydrogen-bond donors (Lipinski definition) is 2. The maximum absolute atomic E-state index is 12.8. The number of rotatable bonds is 7. The van der Waals surface area contributed by atoms with E-state index in [2.05, 4.69) is 5.32 Å². The van der Waals surface area contributed by atoms with E-state index in [-0.39, 0.29) is 31.0 Å². The van der Waals surface area contributed by atoms with E-state index in [1.165, 1.54) is 13.2 Å². The van der Waals surface area contributed by atoms with Gasteiger partial charge in [-0.05, 0) is 25.1 Å². The molecule has 1 unspecified atom stereocenters. The summed E-state index contributed by atoms with van der Waals surface area (Å²) in [5, 5.41) is 2.41. The van der Waals surface area contributed by atoms with E-state index < -0.39 is 23.8 Å². The number of anilines is 1. The Bertz CT molecular complexity index is 503. The summed E-state index contributed by atoms with van der Waals surface area (Å²) in [6, 6.07) is 2.92. The average molecular weight is 320 g/mol. The molecule has 1 aromatic carbocycles. The first-order valence-corrected chi connectivity index (χ1v) is 6.68. The molecule has 0 aliphatic rings. The Kier molecular flexibility index (Phi) is 6.63. The van der Waals surface area contributed by atoms with E-state index in [0.29, 0.717) is 0 Å². The highest BCUT2D eigenvalue weighted by Crippen LogP contribution is 2.35. The molecule has 0 aliphatic heterocycles. The zero-order valence-corrected chi connectivity index (χ0v) is 12.4. The quantitative estimate of drug-likeness (QED) is 0.809. The van der Waals surface area contributed by atoms with E-state index >= 15 is 0 Å². The largest absolute Gasteiger partial charge is 0.492 e. The number of alkyl halides is 3. The minimum atomic E-state index is -4.50. The number of methoxy groups -OCH3 is 1. The van der Waals surface area contributed by atoms with Crippen molar-refractivity contribution in [1.29, 1.82) is 0 Å². The van der Waals surface area contributed by atoms with Gasteiger partial charge in [0.2, 0.25) is 5.91 Å². The third kappa shape index (κ3) is 5.19. The van der Waals surface area contributed by atoms with Crippen molar-refractivity contribution in [3.8, 4) is 5.75 Å². The zero-order valence-electron chi connectivity index (χ0n) is 12.4. The van der Waals surface area contributed by atoms with Crippen molar-refractivity contribution >= 4 is 11.6 Å². The van der Waals surface area contributed by atoms with Crippen LogP contribution in [0.25, 0.3) is 0 Å². The fourth-order valence-corrected chi connectivity index (χ4v) is 1.76. The number of carbonyl (C=O) groups is 1. The first-order valence-electron chi connectivity index (χ1n) is 6.68. The Morgan fingerprint density at radius 1 is 1.41 bits per heavy atom. The number of nitrogens with two attached hydrogens (primary N) is 1. The van der Waals surface area contributed by atoms with E-state index in [1.54, 1.807) is 6.92 Å². The highest BCUT2D eigenvalue weighted by Gasteiger charge is 2.31. The molecule has 1 amide bonds. The van der Waals surface area contributed by atoms with Gasteiger partial charge < -0.3 is 20.5 Å². The Morgan fingerprint density at radius 2 is 2.09 bits per heavy atom. The van der Waals surface area contributed by atoms with Crippen LogP contribution in [0.4, 0.5) is 18.9 Å². The van der Waals surface area contributed by atoms with Gasteiger partial charge in [0.25, 0.3) is 0 Å². The van der Waals surface area contributed by atoms with E-state index in [1.807, 2.05) is 0 Å². The third-order valence-electron chi connectivity index (χ3n) is 2.89. The lowest BCUT2D eigenvalue weighted by Crippen LogP contribution is -2.28. The van der Waals surface area contributed by atoms with Crippen LogP contribution in [0.15, 0.2) is 18.2 Å². The standard InChI is InChI=1S/C14H19F3N2O3/c1-3-22-12-5-4-9(14(15,16)17)6-11(12)19-13(20)7-10(8-18)21-2/h4-6,10H,3,7-8,18H2,1-2H3,(H,19,20). The minimum Gasteiger partial charge on any atom is -0.492 e. The van der Waals surface area contributed by atoms with Crippen LogP contribution in [0.2, 0.25) is 0 Å². The number of nitrogens with one attached hydrogen (secondary N) is 1. The van der Waals surface area contributed by atoms with Crippen LogP contribution in [-0.2, 0) is 15.7 Å². The van der Waals surface area contributed by atoms with Gasteiger partial charge in [0.05, 0.1) is 30.4 Å². The van der Waals surface area contributed by atoms with Crippen molar-refractivity contribution in [2.75, 3.05) is 25.6 Å². The van der Waals surface area contributed by atoms with Gasteiger partial charge in [-0.15, -0.1) is 0 Å². The molecule has 0 bridgehead atoms. The number of amides is 1. The SMILES string of the molecule is CCOc1ccc(C(F)(F)F)cc1NC(=O)CC(CN)OC. The van der Waals surface area contributed by atoms with Gasteiger partial charge in [-0.2, -0.15) is 13.2 Å². The molecule has 0 saturated carbocycles. The van der Waals surface area contributed by atoms with E-state index in [9.17, 15) is 18.0 Å². The maximum atomic E-state index is 12.8. The normalized spacial score (nSPS) is 12.8. The van der Waals surface area contributed by atoms with Gasteiger partial charge in [-0.1, -0.05) is 0 Å². The summed E-state index contributed by atoms with van der Waals surface area (Å²) in [5.74, 6) is -0.330. The molecular formula is C14H19F3N2O3. The lowest BCUT2D eigenvalue weighted by Gasteiger charge is -2.16. The number of carbonyl (C=O) groups excluding carboxylic acids is 1. The number of benzene rings is 1. The van der Waals surface area contributed by atoms with Crippen LogP contribution in [0, 0.1) is 0 Å². The van der Waals surface area contributed by atoms with Crippen molar-refractivity contribution in [1.82, 2.24) is 0 Å². The molecule has 0 aliphatic carbocycles. The second kappa shape index (κ2) is 8.00. The first-order chi connectivity index (χ1) is 10.3. The molecule has 0 heterocycles. The Labute approximate surface area is 126 Å². The van der Waals surface area contributed by atoms with E-state index in [0.717, 1.165) is 12.1 Å². The number of ether oxygens (including phenoxy) is 2. The van der Waals surface area contributed by atoms with Gasteiger partial charge in [-0.3, -0.25) is 4.79 Å². The molecule has 3 N–H and O–H groups in total. The molecular weight excluding hydrogens is 301 g/mol. The molecule has 0 saturated heterocycles. The summed E-state index contributed by atoms with van der Waals surface area (Å²) in [7, 11) is 1.40. The smallest absolute Gasteiger partial charge is 0.416 e. The summed E-state index contributed by atoms with van der Waals surface area (Å²) >= 11 is 0. The molecule has 0 spiro atoms. The summed E-state index contributed by atoms with van der Waals surface area (Å²) in [4.78, 5) is 11.9. The molecule has 1 rings (SSSR count). The van der Waals surface area contributed by atoms with Crippen molar-refractivity contribution in [3.63, 3.8) is 0 Å². The third-order valence-corrected chi connectivity index (χ3v) is 2.89. The fourth-order valence-electron chi connectivity index (χ4n) is 1.76. The average Bonchev–Trinajstić information content (AvgIpc) is 2.45. The molecule has 5 nitrogen and oxygen atoms in total. The molecule has 124 valence electrons. The van der Waals surface area contributed by atoms with Crippen LogP contribution in [-0.4, -0.2) is 32.3 Å². The van der Waals surface area contributed by atoms with Crippen LogP contribution >= 0.6 is 0 Å². The summed E-state index contributed by atoms with van der Waals surface area (Å²) < 4.78 is 48.4. The molecule has 0 aromatic heterocycles. The van der Waals surface area contributed by atoms with Gasteiger partial charge in [0.15, 0.2) is 0 Å². The predicted molar refractivity (Wildman–Crippen MR) is 75.7 cm³/mol. The van der Waals surface area contributed by atoms with Crippen LogP contribution < -0.4 is 15.8 Å². The predicted octanol–water partition coefficient (Wildman–Crippen LogP) is 2.41. The Balaban J connectivity index is 2.96. The van der Waals surface area contributed by atoms with Gasteiger partial charge >= 0.3 is 6.18 Å². The van der Waals surface area contributed by atoms with Crippen molar-refractivity contribution in [3.05, 3.63) is 23.8 Å². The van der Waals surface area contributed by atoms with Crippen LogP contribution in [0.1, 0.15) is 18.9 Å². The van der Waals surface area contributed by atoms with Gasteiger partial charge in [0, 0.05) is 13.7 Å². The van der Waals surface area contributed by atoms with Crippen molar-refractivity contribution < 1.29 is 27.4 Å². The highest BCUT2D eigenvalue weighted by molar-refractivity contribution is 5.92. The minimum absolute atomic E-state index is 0.0338. The maximum Gasteiger partial charge on any atom is 0.416 e. The van der Waals surface area contributed by atoms with Crippen molar-refractivity contribution in [2.45, 2.75) is 25.6 Å². The monoisotopic (exact) mass is 320 g/mol. The number of hydrogen-bond acceptors (Lipinski definition) is 4. The molecule has 1 aromatic rings. The lowest BCUT2D eigenvalue weighted by atomic mass is 10.1. The Hall–Kier alpha value is -1.80. The molecule has 1 atom stereocenters. The topological polar surface area (TPSA) is 73.6 Å². The summed E-state index contributed by atoms with van der Waals surface area (Å²) in [5.41, 5.74) is 4.50. The zero-order chi connectivity index (χ0) is 16.8. The van der Waals surface area contributed by atoms with Gasteiger partial charge in [0.1, 0.15) is 5.75 Å². The Morgan fingerprint density at radius 3 is 2.59 bits per heavy atom. The highest BCUT2D eigenvalue weighted by atomic mass is 19.4. The molecule has 22 heavy (non-hydrogen) atoms. The second-order valence-corrected chi connectivity index (χ2v) is 4.49. The summed E-state index contributed by atoms with van der Waals surface area (Å²) in [6.07, 6.45) is -5.06. The fraction of sp³-hybridized carbons (Fsp3) is 0.500. The first kappa shape index (κ1) is 18.2. The lowest BCUT2D eigenvalue weighted by molar-refractivity contribution is -0.137. The van der Waals surface area contributed by atoms with Gasteiger partial charge in [-0.25, -0.2) is 0 Å². The van der Waals surface area contributed by atoms with Crippen molar-refractivity contribution in [2.24, 2.45) is 5.73 Å².